The minimum atomic E-state index is -0.227. The molecule has 2 N–H and O–H groups in total. The molecule has 2 aliphatic rings. The molecule has 0 aromatic rings. The standard InChI is InChI=1S/C10H18N2O3/c13-10(9-2-1-4-15-9)12-6-8-7-14-5-3-11-8/h8-9,11H,1-7H2,(H,12,13). The molecule has 15 heavy (non-hydrogen) atoms. The quantitative estimate of drug-likeness (QED) is 0.650. The molecule has 2 rings (SSSR count). The lowest BCUT2D eigenvalue weighted by molar-refractivity contribution is -0.130. The normalized spacial score (nSPS) is 31.5. The van der Waals surface area contributed by atoms with Crippen LogP contribution < -0.4 is 10.6 Å². The maximum atomic E-state index is 11.6. The van der Waals surface area contributed by atoms with E-state index >= 15 is 0 Å². The van der Waals surface area contributed by atoms with Crippen molar-refractivity contribution in [1.29, 1.82) is 0 Å². The molecule has 0 aromatic carbocycles. The fourth-order valence-electron chi connectivity index (χ4n) is 1.87. The van der Waals surface area contributed by atoms with Gasteiger partial charge in [-0.25, -0.2) is 0 Å². The molecule has 2 saturated heterocycles. The van der Waals surface area contributed by atoms with Crippen LogP contribution in [-0.2, 0) is 14.3 Å². The van der Waals surface area contributed by atoms with Gasteiger partial charge < -0.3 is 20.1 Å². The number of carbonyl (C=O) groups is 1. The van der Waals surface area contributed by atoms with Gasteiger partial charge in [-0.15, -0.1) is 0 Å². The molecule has 2 fully saturated rings. The van der Waals surface area contributed by atoms with Crippen LogP contribution >= 0.6 is 0 Å². The van der Waals surface area contributed by atoms with Gasteiger partial charge in [-0.2, -0.15) is 0 Å². The van der Waals surface area contributed by atoms with E-state index in [0.29, 0.717) is 19.8 Å². The predicted molar refractivity (Wildman–Crippen MR) is 54.6 cm³/mol. The molecule has 86 valence electrons. The summed E-state index contributed by atoms with van der Waals surface area (Å²) >= 11 is 0. The van der Waals surface area contributed by atoms with Crippen molar-refractivity contribution in [1.82, 2.24) is 10.6 Å². The highest BCUT2D eigenvalue weighted by atomic mass is 16.5. The number of amides is 1. The van der Waals surface area contributed by atoms with Gasteiger partial charge in [-0.05, 0) is 12.8 Å². The van der Waals surface area contributed by atoms with Gasteiger partial charge in [0.15, 0.2) is 0 Å². The van der Waals surface area contributed by atoms with Crippen molar-refractivity contribution in [3.63, 3.8) is 0 Å². The second-order valence-electron chi connectivity index (χ2n) is 3.97. The maximum Gasteiger partial charge on any atom is 0.249 e. The zero-order valence-corrected chi connectivity index (χ0v) is 8.83. The Morgan fingerprint density at radius 3 is 3.07 bits per heavy atom. The summed E-state index contributed by atoms with van der Waals surface area (Å²) < 4.78 is 10.6. The highest BCUT2D eigenvalue weighted by Gasteiger charge is 2.24. The fourth-order valence-corrected chi connectivity index (χ4v) is 1.87. The van der Waals surface area contributed by atoms with Gasteiger partial charge in [0.25, 0.3) is 0 Å². The van der Waals surface area contributed by atoms with Crippen molar-refractivity contribution in [2.75, 3.05) is 32.9 Å². The zero-order valence-electron chi connectivity index (χ0n) is 8.83. The Balaban J connectivity index is 1.65. The van der Waals surface area contributed by atoms with Crippen molar-refractivity contribution in [3.8, 4) is 0 Å². The monoisotopic (exact) mass is 214 g/mol. The molecule has 0 spiro atoms. The summed E-state index contributed by atoms with van der Waals surface area (Å²) in [6.45, 7) is 3.63. The van der Waals surface area contributed by atoms with Gasteiger partial charge in [0.1, 0.15) is 6.10 Å². The first kappa shape index (κ1) is 10.9. The van der Waals surface area contributed by atoms with Crippen molar-refractivity contribution in [3.05, 3.63) is 0 Å². The molecule has 5 heteroatoms. The van der Waals surface area contributed by atoms with E-state index in [4.69, 9.17) is 9.47 Å². The molecule has 1 amide bonds. The first-order chi connectivity index (χ1) is 7.36. The molecular weight excluding hydrogens is 196 g/mol. The lowest BCUT2D eigenvalue weighted by atomic mass is 10.2. The summed E-state index contributed by atoms with van der Waals surface area (Å²) in [4.78, 5) is 11.6. The van der Waals surface area contributed by atoms with Gasteiger partial charge in [0.05, 0.1) is 13.2 Å². The van der Waals surface area contributed by atoms with E-state index in [9.17, 15) is 4.79 Å². The van der Waals surface area contributed by atoms with Crippen LogP contribution in [0.15, 0.2) is 0 Å². The van der Waals surface area contributed by atoms with Crippen molar-refractivity contribution in [2.24, 2.45) is 0 Å². The number of rotatable bonds is 3. The average Bonchev–Trinajstić information content (AvgIpc) is 2.81. The Bertz CT molecular complexity index is 211. The van der Waals surface area contributed by atoms with Crippen LogP contribution in [0.1, 0.15) is 12.8 Å². The van der Waals surface area contributed by atoms with Crippen molar-refractivity contribution >= 4 is 5.91 Å². The largest absolute Gasteiger partial charge is 0.378 e. The number of ether oxygens (including phenoxy) is 2. The Hall–Kier alpha value is -0.650. The first-order valence-corrected chi connectivity index (χ1v) is 5.57. The SMILES string of the molecule is O=C(NCC1COCCN1)C1CCCO1. The Morgan fingerprint density at radius 2 is 2.40 bits per heavy atom. The van der Waals surface area contributed by atoms with E-state index < -0.39 is 0 Å². The lowest BCUT2D eigenvalue weighted by Gasteiger charge is -2.24. The van der Waals surface area contributed by atoms with Gasteiger partial charge in [0, 0.05) is 25.7 Å². The second kappa shape index (κ2) is 5.44. The highest BCUT2D eigenvalue weighted by Crippen LogP contribution is 2.11. The number of hydrogen-bond donors (Lipinski definition) is 2. The highest BCUT2D eigenvalue weighted by molar-refractivity contribution is 5.80. The van der Waals surface area contributed by atoms with E-state index in [2.05, 4.69) is 10.6 Å². The summed E-state index contributed by atoms with van der Waals surface area (Å²) in [5.41, 5.74) is 0. The van der Waals surface area contributed by atoms with E-state index in [1.54, 1.807) is 0 Å². The summed E-state index contributed by atoms with van der Waals surface area (Å²) in [5, 5.41) is 6.17. The van der Waals surface area contributed by atoms with E-state index in [1.807, 2.05) is 0 Å². The maximum absolute atomic E-state index is 11.6. The third-order valence-electron chi connectivity index (χ3n) is 2.74. The topological polar surface area (TPSA) is 59.6 Å². The third-order valence-corrected chi connectivity index (χ3v) is 2.74. The zero-order chi connectivity index (χ0) is 10.5. The lowest BCUT2D eigenvalue weighted by Crippen LogP contribution is -2.49. The average molecular weight is 214 g/mol. The van der Waals surface area contributed by atoms with Gasteiger partial charge in [0.2, 0.25) is 5.91 Å². The number of nitrogens with one attached hydrogen (secondary N) is 2. The summed E-state index contributed by atoms with van der Waals surface area (Å²) in [5.74, 6) is 0.0138. The van der Waals surface area contributed by atoms with E-state index in [0.717, 1.165) is 26.0 Å². The molecule has 0 bridgehead atoms. The van der Waals surface area contributed by atoms with Crippen molar-refractivity contribution < 1.29 is 14.3 Å². The molecule has 0 saturated carbocycles. The smallest absolute Gasteiger partial charge is 0.249 e. The molecule has 0 aliphatic carbocycles. The van der Waals surface area contributed by atoms with Crippen LogP contribution in [0.25, 0.3) is 0 Å². The van der Waals surface area contributed by atoms with E-state index in [-0.39, 0.29) is 18.1 Å². The molecule has 2 atom stereocenters. The minimum absolute atomic E-state index is 0.0138. The van der Waals surface area contributed by atoms with Gasteiger partial charge >= 0.3 is 0 Å². The Kier molecular flexibility index (Phi) is 3.94. The second-order valence-corrected chi connectivity index (χ2v) is 3.97. The molecule has 2 unspecified atom stereocenters. The van der Waals surface area contributed by atoms with E-state index in [1.165, 1.54) is 0 Å². The Morgan fingerprint density at radius 1 is 1.47 bits per heavy atom. The number of hydrogen-bond acceptors (Lipinski definition) is 4. The fraction of sp³-hybridized carbons (Fsp3) is 0.900. The summed E-state index contributed by atoms with van der Waals surface area (Å²) in [6, 6.07) is 0.240. The molecular formula is C10H18N2O3. The number of morpholine rings is 1. The molecule has 2 heterocycles. The molecule has 2 aliphatic heterocycles. The Labute approximate surface area is 89.5 Å². The summed E-state index contributed by atoms with van der Waals surface area (Å²) in [6.07, 6.45) is 1.61. The third kappa shape index (κ3) is 3.15. The number of carbonyl (C=O) groups excluding carboxylic acids is 1. The van der Waals surface area contributed by atoms with Crippen LogP contribution in [0, 0.1) is 0 Å². The minimum Gasteiger partial charge on any atom is -0.378 e. The van der Waals surface area contributed by atoms with Crippen LogP contribution in [0.3, 0.4) is 0 Å². The molecule has 0 radical (unpaired) electrons. The molecule has 5 nitrogen and oxygen atoms in total. The molecule has 0 aromatic heterocycles. The summed E-state index contributed by atoms with van der Waals surface area (Å²) in [7, 11) is 0. The predicted octanol–water partition coefficient (Wildman–Crippen LogP) is -0.730. The van der Waals surface area contributed by atoms with Gasteiger partial charge in [-0.1, -0.05) is 0 Å². The van der Waals surface area contributed by atoms with Crippen molar-refractivity contribution in [2.45, 2.75) is 25.0 Å². The van der Waals surface area contributed by atoms with Crippen LogP contribution in [0.5, 0.6) is 0 Å². The first-order valence-electron chi connectivity index (χ1n) is 5.57. The van der Waals surface area contributed by atoms with Crippen LogP contribution in [0.4, 0.5) is 0 Å². The van der Waals surface area contributed by atoms with Crippen LogP contribution in [0.2, 0.25) is 0 Å². The van der Waals surface area contributed by atoms with Crippen LogP contribution in [-0.4, -0.2) is 51.0 Å². The van der Waals surface area contributed by atoms with Gasteiger partial charge in [-0.3, -0.25) is 4.79 Å².